The zero-order valence-electron chi connectivity index (χ0n) is 11.5. The molecule has 1 amide bonds. The third-order valence-electron chi connectivity index (χ3n) is 3.88. The number of amides is 1. The molecule has 0 aliphatic carbocycles. The molecule has 3 rings (SSSR count). The van der Waals surface area contributed by atoms with Crippen LogP contribution in [0.1, 0.15) is 45.3 Å². The number of carbonyl (C=O) groups is 1. The van der Waals surface area contributed by atoms with Gasteiger partial charge in [0.25, 0.3) is 5.91 Å². The second kappa shape index (κ2) is 5.13. The number of hydrogen-bond donors (Lipinski definition) is 2. The van der Waals surface area contributed by atoms with Gasteiger partial charge in [-0.1, -0.05) is 12.1 Å². The van der Waals surface area contributed by atoms with Crippen LogP contribution in [0, 0.1) is 6.92 Å². The number of nitrogens with one attached hydrogen (secondary N) is 1. The molecule has 4 heteroatoms. The number of furan rings is 1. The summed E-state index contributed by atoms with van der Waals surface area (Å²) in [6.07, 6.45) is 3.54. The Kier molecular flexibility index (Phi) is 3.32. The molecule has 104 valence electrons. The predicted octanol–water partition coefficient (Wildman–Crippen LogP) is 2.31. The summed E-state index contributed by atoms with van der Waals surface area (Å²) < 4.78 is 5.30. The SMILES string of the molecule is Cc1occc1C(N)c1ccc2c(c1)C(=O)NCCC2. The number of benzene rings is 1. The number of carbonyl (C=O) groups excluding carboxylic acids is 1. The van der Waals surface area contributed by atoms with Crippen molar-refractivity contribution >= 4 is 5.91 Å². The first kappa shape index (κ1) is 12.9. The second-order valence-corrected chi connectivity index (χ2v) is 5.19. The lowest BCUT2D eigenvalue weighted by atomic mass is 9.94. The average molecular weight is 270 g/mol. The maximum absolute atomic E-state index is 12.1. The molecule has 0 spiro atoms. The standard InChI is InChI=1S/C16H18N2O2/c1-10-13(6-8-20-10)15(17)12-5-4-11-3-2-7-18-16(19)14(11)9-12/h4-6,8-9,15H,2-3,7,17H2,1H3,(H,18,19). The minimum atomic E-state index is -0.268. The molecule has 1 aromatic carbocycles. The lowest BCUT2D eigenvalue weighted by Gasteiger charge is -2.14. The van der Waals surface area contributed by atoms with E-state index < -0.39 is 0 Å². The van der Waals surface area contributed by atoms with E-state index in [9.17, 15) is 4.79 Å². The molecule has 1 atom stereocenters. The monoisotopic (exact) mass is 270 g/mol. The second-order valence-electron chi connectivity index (χ2n) is 5.19. The fourth-order valence-electron chi connectivity index (χ4n) is 2.69. The van der Waals surface area contributed by atoms with Crippen molar-refractivity contribution in [3.05, 3.63) is 58.5 Å². The largest absolute Gasteiger partial charge is 0.469 e. The molecule has 2 heterocycles. The van der Waals surface area contributed by atoms with E-state index in [2.05, 4.69) is 5.32 Å². The molecule has 0 bridgehead atoms. The Morgan fingerprint density at radius 2 is 2.20 bits per heavy atom. The Bertz CT molecular complexity index is 646. The van der Waals surface area contributed by atoms with Crippen LogP contribution in [-0.4, -0.2) is 12.5 Å². The van der Waals surface area contributed by atoms with E-state index >= 15 is 0 Å². The van der Waals surface area contributed by atoms with E-state index in [4.69, 9.17) is 10.2 Å². The zero-order valence-corrected chi connectivity index (χ0v) is 11.5. The van der Waals surface area contributed by atoms with Crippen LogP contribution < -0.4 is 11.1 Å². The van der Waals surface area contributed by atoms with Crippen LogP contribution in [-0.2, 0) is 6.42 Å². The summed E-state index contributed by atoms with van der Waals surface area (Å²) in [6, 6.07) is 7.55. The van der Waals surface area contributed by atoms with Gasteiger partial charge in [0.2, 0.25) is 0 Å². The van der Waals surface area contributed by atoms with Crippen molar-refractivity contribution in [2.24, 2.45) is 5.73 Å². The Morgan fingerprint density at radius 1 is 1.35 bits per heavy atom. The lowest BCUT2D eigenvalue weighted by molar-refractivity contribution is 0.0956. The van der Waals surface area contributed by atoms with Crippen LogP contribution in [0.25, 0.3) is 0 Å². The van der Waals surface area contributed by atoms with Crippen molar-refractivity contribution in [2.45, 2.75) is 25.8 Å². The van der Waals surface area contributed by atoms with Crippen LogP contribution in [0.3, 0.4) is 0 Å². The molecule has 0 saturated heterocycles. The van der Waals surface area contributed by atoms with E-state index in [0.717, 1.165) is 47.4 Å². The quantitative estimate of drug-likeness (QED) is 0.880. The highest BCUT2D eigenvalue weighted by molar-refractivity contribution is 5.96. The molecule has 1 unspecified atom stereocenters. The molecule has 4 nitrogen and oxygen atoms in total. The van der Waals surface area contributed by atoms with Crippen LogP contribution >= 0.6 is 0 Å². The van der Waals surface area contributed by atoms with Gasteiger partial charge >= 0.3 is 0 Å². The minimum absolute atomic E-state index is 0.00420. The van der Waals surface area contributed by atoms with Crippen molar-refractivity contribution < 1.29 is 9.21 Å². The lowest BCUT2D eigenvalue weighted by Crippen LogP contribution is -2.23. The highest BCUT2D eigenvalue weighted by atomic mass is 16.3. The smallest absolute Gasteiger partial charge is 0.251 e. The van der Waals surface area contributed by atoms with Gasteiger partial charge in [0.1, 0.15) is 5.76 Å². The van der Waals surface area contributed by atoms with Crippen LogP contribution in [0.4, 0.5) is 0 Å². The fraction of sp³-hybridized carbons (Fsp3) is 0.312. The summed E-state index contributed by atoms with van der Waals surface area (Å²) in [7, 11) is 0. The fourth-order valence-corrected chi connectivity index (χ4v) is 2.69. The highest BCUT2D eigenvalue weighted by Crippen LogP contribution is 2.26. The van der Waals surface area contributed by atoms with Crippen LogP contribution in [0.5, 0.6) is 0 Å². The van der Waals surface area contributed by atoms with Crippen LogP contribution in [0.2, 0.25) is 0 Å². The third-order valence-corrected chi connectivity index (χ3v) is 3.88. The maximum atomic E-state index is 12.1. The summed E-state index contributed by atoms with van der Waals surface area (Å²) in [5.74, 6) is 0.812. The van der Waals surface area contributed by atoms with E-state index in [-0.39, 0.29) is 11.9 Å². The minimum Gasteiger partial charge on any atom is -0.469 e. The highest BCUT2D eigenvalue weighted by Gasteiger charge is 2.19. The molecular weight excluding hydrogens is 252 g/mol. The third kappa shape index (κ3) is 2.23. The van der Waals surface area contributed by atoms with Gasteiger partial charge < -0.3 is 15.5 Å². The number of rotatable bonds is 2. The zero-order chi connectivity index (χ0) is 14.1. The molecule has 0 saturated carbocycles. The summed E-state index contributed by atoms with van der Waals surface area (Å²) in [5, 5.41) is 2.91. The van der Waals surface area contributed by atoms with Gasteiger partial charge in [-0.05, 0) is 43.0 Å². The van der Waals surface area contributed by atoms with Gasteiger partial charge in [-0.3, -0.25) is 4.79 Å². The normalized spacial score (nSPS) is 16.2. The first-order chi connectivity index (χ1) is 9.66. The van der Waals surface area contributed by atoms with E-state index in [1.165, 1.54) is 0 Å². The topological polar surface area (TPSA) is 68.3 Å². The summed E-state index contributed by atoms with van der Waals surface area (Å²) in [6.45, 7) is 2.63. The Hall–Kier alpha value is -2.07. The van der Waals surface area contributed by atoms with Crippen molar-refractivity contribution in [1.82, 2.24) is 5.32 Å². The number of hydrogen-bond acceptors (Lipinski definition) is 3. The summed E-state index contributed by atoms with van der Waals surface area (Å²) in [5.41, 5.74) is 10.0. The maximum Gasteiger partial charge on any atom is 0.251 e. The number of fused-ring (bicyclic) bond motifs is 1. The van der Waals surface area contributed by atoms with Crippen molar-refractivity contribution in [3.63, 3.8) is 0 Å². The van der Waals surface area contributed by atoms with Crippen molar-refractivity contribution in [1.29, 1.82) is 0 Å². The Morgan fingerprint density at radius 3 is 2.95 bits per heavy atom. The molecule has 1 aliphatic heterocycles. The molecule has 1 aromatic heterocycles. The van der Waals surface area contributed by atoms with Gasteiger partial charge in [-0.15, -0.1) is 0 Å². The van der Waals surface area contributed by atoms with E-state index in [0.29, 0.717) is 0 Å². The number of aryl methyl sites for hydroxylation is 2. The van der Waals surface area contributed by atoms with Gasteiger partial charge in [-0.25, -0.2) is 0 Å². The Labute approximate surface area is 118 Å². The molecular formula is C16H18N2O2. The predicted molar refractivity (Wildman–Crippen MR) is 76.6 cm³/mol. The van der Waals surface area contributed by atoms with Gasteiger partial charge in [0.05, 0.1) is 12.3 Å². The van der Waals surface area contributed by atoms with Crippen LogP contribution in [0.15, 0.2) is 34.9 Å². The van der Waals surface area contributed by atoms with E-state index in [1.54, 1.807) is 6.26 Å². The van der Waals surface area contributed by atoms with Gasteiger partial charge in [-0.2, -0.15) is 0 Å². The molecule has 20 heavy (non-hydrogen) atoms. The van der Waals surface area contributed by atoms with Gasteiger partial charge in [0.15, 0.2) is 0 Å². The molecule has 0 radical (unpaired) electrons. The Balaban J connectivity index is 2.00. The molecule has 1 aliphatic rings. The molecule has 3 N–H and O–H groups in total. The molecule has 2 aromatic rings. The summed E-state index contributed by atoms with van der Waals surface area (Å²) >= 11 is 0. The summed E-state index contributed by atoms with van der Waals surface area (Å²) in [4.78, 5) is 12.1. The van der Waals surface area contributed by atoms with Gasteiger partial charge in [0, 0.05) is 17.7 Å². The van der Waals surface area contributed by atoms with E-state index in [1.807, 2.05) is 31.2 Å². The van der Waals surface area contributed by atoms with Crippen molar-refractivity contribution in [3.8, 4) is 0 Å². The first-order valence-electron chi connectivity index (χ1n) is 6.87. The molecule has 0 fully saturated rings. The number of nitrogens with two attached hydrogens (primary N) is 1. The van der Waals surface area contributed by atoms with Crippen molar-refractivity contribution in [2.75, 3.05) is 6.54 Å². The first-order valence-corrected chi connectivity index (χ1v) is 6.87. The average Bonchev–Trinajstić information content (AvgIpc) is 2.79.